The van der Waals surface area contributed by atoms with Gasteiger partial charge in [-0.25, -0.2) is 0 Å². The Hall–Kier alpha value is -2.59. The fraction of sp³-hybridized carbons (Fsp3) is 0. The number of rotatable bonds is 5. The molecule has 0 saturated heterocycles. The quantitative estimate of drug-likeness (QED) is 0.611. The second-order valence-corrected chi connectivity index (χ2v) is 5.34. The van der Waals surface area contributed by atoms with Crippen LogP contribution in [-0.2, 0) is 0 Å². The lowest BCUT2D eigenvalue weighted by Crippen LogP contribution is -1.84. The number of carbonyl (C=O) groups is 1. The van der Waals surface area contributed by atoms with Crippen molar-refractivity contribution in [1.82, 2.24) is 0 Å². The molecular formula is C17H12O3S. The normalized spacial score (nSPS) is 10.1. The zero-order chi connectivity index (χ0) is 14.5. The number of hydrogen-bond donors (Lipinski definition) is 0. The molecule has 104 valence electrons. The van der Waals surface area contributed by atoms with E-state index < -0.39 is 0 Å². The van der Waals surface area contributed by atoms with E-state index in [1.807, 2.05) is 54.6 Å². The summed E-state index contributed by atoms with van der Waals surface area (Å²) in [5.41, 5.74) is 0. The minimum atomic E-state index is 0.647. The number of para-hydroxylation sites is 1. The smallest absolute Gasteiger partial charge is 0.181 e. The first-order valence-corrected chi connectivity index (χ1v) is 7.21. The molecule has 2 aromatic carbocycles. The monoisotopic (exact) mass is 296 g/mol. The van der Waals surface area contributed by atoms with Crippen molar-refractivity contribution in [1.29, 1.82) is 0 Å². The lowest BCUT2D eigenvalue weighted by molar-refractivity contribution is 0.112. The van der Waals surface area contributed by atoms with Crippen LogP contribution in [0.2, 0.25) is 0 Å². The van der Waals surface area contributed by atoms with Gasteiger partial charge in [0.05, 0.1) is 4.88 Å². The summed E-state index contributed by atoms with van der Waals surface area (Å²) < 4.78 is 11.4. The summed E-state index contributed by atoms with van der Waals surface area (Å²) in [4.78, 5) is 11.3. The second kappa shape index (κ2) is 6.24. The summed E-state index contributed by atoms with van der Waals surface area (Å²) in [6.07, 6.45) is 0.814. The molecule has 21 heavy (non-hydrogen) atoms. The number of hydrogen-bond acceptors (Lipinski definition) is 4. The lowest BCUT2D eigenvalue weighted by atomic mass is 10.3. The predicted molar refractivity (Wildman–Crippen MR) is 82.7 cm³/mol. The molecule has 0 amide bonds. The van der Waals surface area contributed by atoms with E-state index in [2.05, 4.69) is 0 Å². The molecule has 1 heterocycles. The third-order valence-corrected chi connectivity index (χ3v) is 3.63. The molecule has 0 fully saturated rings. The Kier molecular flexibility index (Phi) is 3.98. The Balaban J connectivity index is 1.67. The summed E-state index contributed by atoms with van der Waals surface area (Å²) in [7, 11) is 0. The molecule has 0 N–H and O–H groups in total. The highest BCUT2D eigenvalue weighted by Gasteiger charge is 2.03. The maximum absolute atomic E-state index is 10.6. The molecule has 0 bridgehead atoms. The first kappa shape index (κ1) is 13.4. The molecule has 4 heteroatoms. The Morgan fingerprint density at radius 1 is 0.714 bits per heavy atom. The molecule has 0 aliphatic carbocycles. The van der Waals surface area contributed by atoms with Crippen molar-refractivity contribution in [3.8, 4) is 22.3 Å². The highest BCUT2D eigenvalue weighted by Crippen LogP contribution is 2.30. The first-order chi connectivity index (χ1) is 10.3. The van der Waals surface area contributed by atoms with Gasteiger partial charge in [-0.2, -0.15) is 0 Å². The van der Waals surface area contributed by atoms with Crippen molar-refractivity contribution in [2.24, 2.45) is 0 Å². The molecular weight excluding hydrogens is 284 g/mol. The van der Waals surface area contributed by atoms with Crippen LogP contribution < -0.4 is 9.47 Å². The van der Waals surface area contributed by atoms with Gasteiger partial charge in [-0.15, -0.1) is 0 Å². The van der Waals surface area contributed by atoms with E-state index in [4.69, 9.17) is 9.47 Å². The lowest BCUT2D eigenvalue weighted by Gasteiger charge is -2.07. The molecule has 1 aromatic heterocycles. The van der Waals surface area contributed by atoms with Crippen LogP contribution >= 0.6 is 11.3 Å². The number of aldehydes is 1. The fourth-order valence-corrected chi connectivity index (χ4v) is 2.46. The molecule has 3 rings (SSSR count). The summed E-state index contributed by atoms with van der Waals surface area (Å²) in [6, 6.07) is 20.5. The minimum absolute atomic E-state index is 0.647. The van der Waals surface area contributed by atoms with Gasteiger partial charge in [0.15, 0.2) is 11.3 Å². The number of ether oxygens (including phenoxy) is 2. The Labute approximate surface area is 126 Å². The summed E-state index contributed by atoms with van der Waals surface area (Å²) in [5, 5.41) is 0.689. The van der Waals surface area contributed by atoms with Crippen LogP contribution in [0.25, 0.3) is 0 Å². The van der Waals surface area contributed by atoms with Crippen LogP contribution in [0, 0.1) is 0 Å². The maximum atomic E-state index is 10.6. The van der Waals surface area contributed by atoms with Crippen LogP contribution in [0.3, 0.4) is 0 Å². The highest BCUT2D eigenvalue weighted by molar-refractivity contribution is 7.15. The van der Waals surface area contributed by atoms with Crippen molar-refractivity contribution >= 4 is 17.6 Å². The van der Waals surface area contributed by atoms with Gasteiger partial charge in [0.2, 0.25) is 0 Å². The summed E-state index contributed by atoms with van der Waals surface area (Å²) in [5.74, 6) is 2.24. The zero-order valence-corrected chi connectivity index (χ0v) is 11.9. The van der Waals surface area contributed by atoms with E-state index in [1.54, 1.807) is 12.1 Å². The van der Waals surface area contributed by atoms with Crippen LogP contribution in [0.1, 0.15) is 9.67 Å². The maximum Gasteiger partial charge on any atom is 0.181 e. The van der Waals surface area contributed by atoms with Gasteiger partial charge >= 0.3 is 0 Å². The van der Waals surface area contributed by atoms with Gasteiger partial charge in [-0.05, 0) is 48.5 Å². The fourth-order valence-electron chi connectivity index (χ4n) is 1.77. The third-order valence-electron chi connectivity index (χ3n) is 2.74. The number of thiophene rings is 1. The molecule has 0 spiro atoms. The van der Waals surface area contributed by atoms with E-state index in [1.165, 1.54) is 11.3 Å². The van der Waals surface area contributed by atoms with E-state index in [0.29, 0.717) is 15.7 Å². The van der Waals surface area contributed by atoms with Gasteiger partial charge in [0.25, 0.3) is 0 Å². The van der Waals surface area contributed by atoms with Crippen molar-refractivity contribution in [2.75, 3.05) is 0 Å². The predicted octanol–water partition coefficient (Wildman–Crippen LogP) is 5.15. The average molecular weight is 296 g/mol. The van der Waals surface area contributed by atoms with Crippen molar-refractivity contribution in [3.05, 3.63) is 71.6 Å². The van der Waals surface area contributed by atoms with E-state index >= 15 is 0 Å². The summed E-state index contributed by atoms with van der Waals surface area (Å²) >= 11 is 1.31. The average Bonchev–Trinajstić information content (AvgIpc) is 2.98. The van der Waals surface area contributed by atoms with Gasteiger partial charge in [0.1, 0.15) is 17.2 Å². The van der Waals surface area contributed by atoms with E-state index in [0.717, 1.165) is 17.8 Å². The van der Waals surface area contributed by atoms with Crippen molar-refractivity contribution in [2.45, 2.75) is 0 Å². The van der Waals surface area contributed by atoms with Crippen LogP contribution in [-0.4, -0.2) is 6.29 Å². The topological polar surface area (TPSA) is 35.5 Å². The van der Waals surface area contributed by atoms with Crippen LogP contribution in [0.4, 0.5) is 0 Å². The number of benzene rings is 2. The van der Waals surface area contributed by atoms with Crippen LogP contribution in [0.5, 0.6) is 22.3 Å². The molecule has 0 aliphatic rings. The van der Waals surface area contributed by atoms with Gasteiger partial charge in [0, 0.05) is 0 Å². The van der Waals surface area contributed by atoms with Gasteiger partial charge in [-0.1, -0.05) is 29.5 Å². The molecule has 3 nitrogen and oxygen atoms in total. The third kappa shape index (κ3) is 3.49. The summed E-state index contributed by atoms with van der Waals surface area (Å²) in [6.45, 7) is 0. The zero-order valence-electron chi connectivity index (χ0n) is 11.1. The molecule has 0 saturated carbocycles. The molecule has 0 aliphatic heterocycles. The largest absolute Gasteiger partial charge is 0.457 e. The number of carbonyl (C=O) groups excluding carboxylic acids is 1. The molecule has 0 radical (unpaired) electrons. The molecule has 3 aromatic rings. The van der Waals surface area contributed by atoms with Crippen molar-refractivity contribution < 1.29 is 14.3 Å². The van der Waals surface area contributed by atoms with E-state index in [-0.39, 0.29) is 0 Å². The standard InChI is InChI=1S/C17H12O3S/c18-12-16-10-11-17(21-16)20-15-8-6-14(7-9-15)19-13-4-2-1-3-5-13/h1-12H. The SMILES string of the molecule is O=Cc1ccc(Oc2ccc(Oc3ccccc3)cc2)s1. The Bertz CT molecular complexity index is 717. The minimum Gasteiger partial charge on any atom is -0.457 e. The van der Waals surface area contributed by atoms with Gasteiger partial charge in [-0.3, -0.25) is 4.79 Å². The first-order valence-electron chi connectivity index (χ1n) is 6.39. The Morgan fingerprint density at radius 2 is 1.33 bits per heavy atom. The highest BCUT2D eigenvalue weighted by atomic mass is 32.1. The molecule has 0 atom stereocenters. The van der Waals surface area contributed by atoms with Crippen molar-refractivity contribution in [3.63, 3.8) is 0 Å². The van der Waals surface area contributed by atoms with E-state index in [9.17, 15) is 4.79 Å². The second-order valence-electron chi connectivity index (χ2n) is 4.26. The molecule has 0 unspecified atom stereocenters. The van der Waals surface area contributed by atoms with Gasteiger partial charge < -0.3 is 9.47 Å². The van der Waals surface area contributed by atoms with Crippen LogP contribution in [0.15, 0.2) is 66.7 Å². The Morgan fingerprint density at radius 3 is 1.95 bits per heavy atom.